The van der Waals surface area contributed by atoms with E-state index in [9.17, 15) is 29.1 Å². The van der Waals surface area contributed by atoms with Gasteiger partial charge < -0.3 is 31.1 Å². The number of carbonyl (C=O) groups excluding carboxylic acids is 5. The van der Waals surface area contributed by atoms with Crippen LogP contribution in [0.2, 0.25) is 0 Å². The predicted molar refractivity (Wildman–Crippen MR) is 186 cm³/mol. The second-order valence-electron chi connectivity index (χ2n) is 13.2. The van der Waals surface area contributed by atoms with Gasteiger partial charge >= 0.3 is 5.97 Å². The Labute approximate surface area is 284 Å². The minimum absolute atomic E-state index is 0.00395. The van der Waals surface area contributed by atoms with Crippen LogP contribution in [0.25, 0.3) is 6.08 Å². The number of carbonyl (C=O) groups is 5. The molecule has 262 valence electrons. The highest BCUT2D eigenvalue weighted by Crippen LogP contribution is 2.20. The lowest BCUT2D eigenvalue weighted by Gasteiger charge is -2.27. The first-order valence-corrected chi connectivity index (χ1v) is 16.6. The highest BCUT2D eigenvalue weighted by atomic mass is 16.5. The number of aromatic hydroxyl groups is 1. The number of hydrogen-bond acceptors (Lipinski definition) is 7. The second-order valence-corrected chi connectivity index (χ2v) is 13.2. The molecule has 0 aliphatic rings. The number of amides is 4. The molecule has 2 aromatic carbocycles. The molecule has 11 nitrogen and oxygen atoms in total. The van der Waals surface area contributed by atoms with E-state index in [0.717, 1.165) is 0 Å². The molecule has 0 saturated heterocycles. The Morgan fingerprint density at radius 2 is 1.21 bits per heavy atom. The normalized spacial score (nSPS) is 13.4. The fraction of sp³-hybridized carbons (Fsp3) is 0.486. The summed E-state index contributed by atoms with van der Waals surface area (Å²) in [5.74, 6) is -2.97. The average molecular weight is 665 g/mol. The largest absolute Gasteiger partial charge is 0.508 e. The summed E-state index contributed by atoms with van der Waals surface area (Å²) in [7, 11) is 0. The van der Waals surface area contributed by atoms with Crippen LogP contribution >= 0.6 is 0 Å². The van der Waals surface area contributed by atoms with Crippen LogP contribution in [0.4, 0.5) is 0 Å². The van der Waals surface area contributed by atoms with E-state index in [1.54, 1.807) is 50.2 Å². The number of nitrogens with one attached hydrogen (secondary N) is 4. The molecule has 3 atom stereocenters. The standard InChI is InChI=1S/C37H52N4O7/c1-9-48-37(47)31(21-26-14-11-10-12-15-26)41-36(46)30(20-24(6)7)40-35(45)29(19-23(4)5)39-34(44)28(18-22(2)3)38-33(43)27-16-13-17-32(42)25(27)8/h10-17,21-24,28-30,42H,9,18-20H2,1-8H3,(H,38,43)(H,39,44)(H,40,45)(H,41,46)/b31-21-/t28-,29-,30-/m0/s1. The molecule has 11 heteroatoms. The third-order valence-electron chi connectivity index (χ3n) is 7.42. The fourth-order valence-electron chi connectivity index (χ4n) is 5.05. The van der Waals surface area contributed by atoms with Crippen LogP contribution in [0, 0.1) is 24.7 Å². The summed E-state index contributed by atoms with van der Waals surface area (Å²) in [4.78, 5) is 66.9. The topological polar surface area (TPSA) is 163 Å². The Morgan fingerprint density at radius 1 is 0.708 bits per heavy atom. The fourth-order valence-corrected chi connectivity index (χ4v) is 5.05. The molecule has 4 amide bonds. The van der Waals surface area contributed by atoms with Crippen molar-refractivity contribution in [1.82, 2.24) is 21.3 Å². The molecule has 0 aromatic heterocycles. The lowest BCUT2D eigenvalue weighted by atomic mass is 9.98. The summed E-state index contributed by atoms with van der Waals surface area (Å²) in [5, 5.41) is 21.1. The molecule has 2 rings (SSSR count). The first kappa shape index (κ1) is 39.5. The van der Waals surface area contributed by atoms with E-state index < -0.39 is 47.7 Å². The van der Waals surface area contributed by atoms with E-state index in [1.807, 2.05) is 47.6 Å². The second kappa shape index (κ2) is 19.2. The zero-order valence-electron chi connectivity index (χ0n) is 29.4. The molecular weight excluding hydrogens is 612 g/mol. The number of phenols is 1. The van der Waals surface area contributed by atoms with Gasteiger partial charge in [0.2, 0.25) is 17.7 Å². The maximum atomic E-state index is 13.8. The number of ether oxygens (including phenoxy) is 1. The van der Waals surface area contributed by atoms with Crippen molar-refractivity contribution in [3.63, 3.8) is 0 Å². The number of hydrogen-bond donors (Lipinski definition) is 5. The molecule has 0 aliphatic carbocycles. The van der Waals surface area contributed by atoms with Crippen LogP contribution in [0.3, 0.4) is 0 Å². The predicted octanol–water partition coefficient (Wildman–Crippen LogP) is 4.63. The minimum Gasteiger partial charge on any atom is -0.508 e. The summed E-state index contributed by atoms with van der Waals surface area (Å²) < 4.78 is 5.16. The zero-order chi connectivity index (χ0) is 36.0. The quantitative estimate of drug-likeness (QED) is 0.122. The lowest BCUT2D eigenvalue weighted by Crippen LogP contribution is -2.57. The van der Waals surface area contributed by atoms with Crippen molar-refractivity contribution in [2.45, 2.75) is 92.8 Å². The summed E-state index contributed by atoms with van der Waals surface area (Å²) in [6.45, 7) is 14.8. The molecule has 48 heavy (non-hydrogen) atoms. The maximum absolute atomic E-state index is 13.8. The molecular formula is C37H52N4O7. The highest BCUT2D eigenvalue weighted by molar-refractivity contribution is 6.01. The van der Waals surface area contributed by atoms with Gasteiger partial charge in [-0.15, -0.1) is 0 Å². The maximum Gasteiger partial charge on any atom is 0.354 e. The van der Waals surface area contributed by atoms with Crippen LogP contribution in [0.5, 0.6) is 5.75 Å². The monoisotopic (exact) mass is 664 g/mol. The molecule has 0 fully saturated rings. The number of esters is 1. The van der Waals surface area contributed by atoms with Crippen molar-refractivity contribution in [2.75, 3.05) is 6.61 Å². The van der Waals surface area contributed by atoms with Crippen molar-refractivity contribution in [3.05, 3.63) is 70.9 Å². The molecule has 5 N–H and O–H groups in total. The van der Waals surface area contributed by atoms with Crippen molar-refractivity contribution < 1.29 is 33.8 Å². The molecule has 0 bridgehead atoms. The van der Waals surface area contributed by atoms with Gasteiger partial charge in [0.1, 0.15) is 29.6 Å². The number of phenolic OH excluding ortho intramolecular Hbond substituents is 1. The smallest absolute Gasteiger partial charge is 0.354 e. The van der Waals surface area contributed by atoms with Crippen LogP contribution in [-0.4, -0.2) is 59.4 Å². The molecule has 0 unspecified atom stereocenters. The van der Waals surface area contributed by atoms with E-state index in [2.05, 4.69) is 21.3 Å². The van der Waals surface area contributed by atoms with Gasteiger partial charge in [-0.2, -0.15) is 0 Å². The lowest BCUT2D eigenvalue weighted by molar-refractivity contribution is -0.140. The van der Waals surface area contributed by atoms with Gasteiger partial charge in [-0.1, -0.05) is 77.9 Å². The Kier molecular flexibility index (Phi) is 15.8. The SMILES string of the molecule is CCOC(=O)/C(=C/c1ccccc1)NC(=O)[C@H](CC(C)C)NC(=O)[C@H](CC(C)C)NC(=O)[C@H](CC(C)C)NC(=O)c1cccc(O)c1C. The van der Waals surface area contributed by atoms with E-state index in [-0.39, 0.29) is 54.2 Å². The molecule has 2 aromatic rings. The Bertz CT molecular complexity index is 1440. The van der Waals surface area contributed by atoms with Crippen molar-refractivity contribution in [2.24, 2.45) is 17.8 Å². The molecule has 0 spiro atoms. The van der Waals surface area contributed by atoms with Crippen molar-refractivity contribution >= 4 is 35.7 Å². The third-order valence-corrected chi connectivity index (χ3v) is 7.42. The zero-order valence-corrected chi connectivity index (χ0v) is 29.4. The van der Waals surface area contributed by atoms with Gasteiger partial charge in [-0.3, -0.25) is 19.2 Å². The van der Waals surface area contributed by atoms with E-state index in [1.165, 1.54) is 12.1 Å². The highest BCUT2D eigenvalue weighted by Gasteiger charge is 2.32. The summed E-state index contributed by atoms with van der Waals surface area (Å²) in [5.41, 5.74) is 1.22. The first-order chi connectivity index (χ1) is 22.6. The van der Waals surface area contributed by atoms with Crippen molar-refractivity contribution in [1.29, 1.82) is 0 Å². The molecule has 0 aliphatic heterocycles. The minimum atomic E-state index is -1.03. The molecule has 0 radical (unpaired) electrons. The Morgan fingerprint density at radius 3 is 1.71 bits per heavy atom. The van der Waals surface area contributed by atoms with Crippen LogP contribution in [-0.2, 0) is 23.9 Å². The number of benzene rings is 2. The summed E-state index contributed by atoms with van der Waals surface area (Å²) in [6.07, 6.45) is 2.34. The van der Waals surface area contributed by atoms with Gasteiger partial charge in [-0.25, -0.2) is 4.79 Å². The average Bonchev–Trinajstić information content (AvgIpc) is 3.00. The van der Waals surface area contributed by atoms with Gasteiger partial charge in [0.05, 0.1) is 6.61 Å². The van der Waals surface area contributed by atoms with E-state index in [0.29, 0.717) is 17.5 Å². The van der Waals surface area contributed by atoms with Gasteiger partial charge in [0.15, 0.2) is 0 Å². The molecule has 0 saturated carbocycles. The Hall–Kier alpha value is -4.67. The van der Waals surface area contributed by atoms with Crippen LogP contribution in [0.15, 0.2) is 54.2 Å². The third kappa shape index (κ3) is 12.8. The summed E-state index contributed by atoms with van der Waals surface area (Å²) in [6, 6.07) is 10.6. The first-order valence-electron chi connectivity index (χ1n) is 16.6. The number of rotatable bonds is 17. The van der Waals surface area contributed by atoms with Gasteiger partial charge in [0.25, 0.3) is 5.91 Å². The molecule has 0 heterocycles. The van der Waals surface area contributed by atoms with Crippen molar-refractivity contribution in [3.8, 4) is 5.75 Å². The van der Waals surface area contributed by atoms with E-state index in [4.69, 9.17) is 4.74 Å². The summed E-state index contributed by atoms with van der Waals surface area (Å²) >= 11 is 0. The van der Waals surface area contributed by atoms with Crippen LogP contribution < -0.4 is 21.3 Å². The van der Waals surface area contributed by atoms with Crippen LogP contribution in [0.1, 0.15) is 89.2 Å². The van der Waals surface area contributed by atoms with Gasteiger partial charge in [0, 0.05) is 11.1 Å². The van der Waals surface area contributed by atoms with Gasteiger partial charge in [-0.05, 0) is 74.6 Å². The Balaban J connectivity index is 2.31. The van der Waals surface area contributed by atoms with E-state index >= 15 is 0 Å².